The van der Waals surface area contributed by atoms with Gasteiger partial charge in [0, 0.05) is 38.3 Å². The van der Waals surface area contributed by atoms with Gasteiger partial charge in [0.25, 0.3) is 0 Å². The van der Waals surface area contributed by atoms with E-state index >= 15 is 0 Å². The number of nitrogens with zero attached hydrogens (tertiary/aromatic N) is 3. The number of aryl methyl sites for hydroxylation is 2. The highest BCUT2D eigenvalue weighted by Crippen LogP contribution is 2.11. The van der Waals surface area contributed by atoms with Crippen molar-refractivity contribution in [3.63, 3.8) is 0 Å². The van der Waals surface area contributed by atoms with Crippen molar-refractivity contribution in [1.29, 1.82) is 0 Å². The van der Waals surface area contributed by atoms with Crippen molar-refractivity contribution in [1.82, 2.24) is 25.1 Å². The maximum Gasteiger partial charge on any atom is 0.220 e. The van der Waals surface area contributed by atoms with Crippen molar-refractivity contribution in [2.24, 2.45) is 0 Å². The molecule has 6 heteroatoms. The lowest BCUT2D eigenvalue weighted by atomic mass is 10.2. The maximum absolute atomic E-state index is 11.8. The van der Waals surface area contributed by atoms with Crippen molar-refractivity contribution in [3.05, 3.63) is 48.5 Å². The van der Waals surface area contributed by atoms with Crippen LogP contribution in [0.2, 0.25) is 0 Å². The molecule has 2 aromatic heterocycles. The van der Waals surface area contributed by atoms with Crippen molar-refractivity contribution in [3.8, 4) is 0 Å². The molecule has 0 aliphatic rings. The van der Waals surface area contributed by atoms with Gasteiger partial charge in [-0.25, -0.2) is 4.98 Å². The van der Waals surface area contributed by atoms with E-state index < -0.39 is 0 Å². The van der Waals surface area contributed by atoms with Crippen LogP contribution in [0.5, 0.6) is 0 Å². The van der Waals surface area contributed by atoms with Crippen LogP contribution in [-0.2, 0) is 17.8 Å². The van der Waals surface area contributed by atoms with Crippen LogP contribution in [0.1, 0.15) is 25.1 Å². The Kier molecular flexibility index (Phi) is 5.03. The summed E-state index contributed by atoms with van der Waals surface area (Å²) in [5.41, 5.74) is 2.05. The zero-order valence-corrected chi connectivity index (χ0v) is 13.0. The largest absolute Gasteiger partial charge is 0.356 e. The normalized spacial score (nSPS) is 11.0. The van der Waals surface area contributed by atoms with Crippen LogP contribution in [0.15, 0.2) is 42.7 Å². The fraction of sp³-hybridized carbons (Fsp3) is 0.353. The Morgan fingerprint density at radius 1 is 1.22 bits per heavy atom. The maximum atomic E-state index is 11.8. The third-order valence-corrected chi connectivity index (χ3v) is 3.70. The number of hydrogen-bond acceptors (Lipinski definition) is 3. The average Bonchev–Trinajstić information content (AvgIpc) is 3.20. The number of H-pyrrole nitrogens is 1. The Hall–Kier alpha value is -2.63. The van der Waals surface area contributed by atoms with Crippen molar-refractivity contribution >= 4 is 16.9 Å². The van der Waals surface area contributed by atoms with Gasteiger partial charge in [-0.3, -0.25) is 9.48 Å². The minimum absolute atomic E-state index is 0.0989. The molecule has 0 radical (unpaired) electrons. The average molecular weight is 311 g/mol. The fourth-order valence-corrected chi connectivity index (χ4v) is 2.53. The summed E-state index contributed by atoms with van der Waals surface area (Å²) in [7, 11) is 0. The van der Waals surface area contributed by atoms with E-state index in [2.05, 4.69) is 20.4 Å². The van der Waals surface area contributed by atoms with Crippen LogP contribution in [0.3, 0.4) is 0 Å². The van der Waals surface area contributed by atoms with Crippen LogP contribution in [0.4, 0.5) is 0 Å². The highest BCUT2D eigenvalue weighted by molar-refractivity contribution is 5.76. The van der Waals surface area contributed by atoms with Gasteiger partial charge in [0.15, 0.2) is 0 Å². The number of nitrogens with one attached hydrogen (secondary N) is 2. The Balaban J connectivity index is 1.32. The molecule has 0 bridgehead atoms. The summed E-state index contributed by atoms with van der Waals surface area (Å²) >= 11 is 0. The molecular weight excluding hydrogens is 290 g/mol. The second-order valence-corrected chi connectivity index (χ2v) is 5.53. The lowest BCUT2D eigenvalue weighted by Gasteiger charge is -2.04. The molecule has 0 aliphatic heterocycles. The van der Waals surface area contributed by atoms with Gasteiger partial charge < -0.3 is 10.3 Å². The number of aromatic amines is 1. The van der Waals surface area contributed by atoms with Crippen molar-refractivity contribution in [2.75, 3.05) is 6.54 Å². The van der Waals surface area contributed by atoms with Crippen LogP contribution in [0, 0.1) is 0 Å². The molecule has 120 valence electrons. The summed E-state index contributed by atoms with van der Waals surface area (Å²) in [6, 6.07) is 9.88. The number of aromatic nitrogens is 4. The molecule has 0 fully saturated rings. The van der Waals surface area contributed by atoms with E-state index in [0.717, 1.165) is 42.7 Å². The number of hydrogen-bond donors (Lipinski definition) is 2. The first kappa shape index (κ1) is 15.3. The van der Waals surface area contributed by atoms with E-state index in [1.54, 1.807) is 6.20 Å². The first-order chi connectivity index (χ1) is 11.3. The quantitative estimate of drug-likeness (QED) is 0.627. The summed E-state index contributed by atoms with van der Waals surface area (Å²) in [4.78, 5) is 19.6. The third-order valence-electron chi connectivity index (χ3n) is 3.70. The number of carbonyl (C=O) groups excluding carboxylic acids is 1. The predicted molar refractivity (Wildman–Crippen MR) is 88.9 cm³/mol. The summed E-state index contributed by atoms with van der Waals surface area (Å²) in [5, 5.41) is 7.07. The van der Waals surface area contributed by atoms with Gasteiger partial charge in [0.2, 0.25) is 5.91 Å². The topological polar surface area (TPSA) is 75.6 Å². The molecule has 0 saturated carbocycles. The molecule has 2 N–H and O–H groups in total. The van der Waals surface area contributed by atoms with Crippen molar-refractivity contribution in [2.45, 2.75) is 32.2 Å². The van der Waals surface area contributed by atoms with Gasteiger partial charge in [-0.05, 0) is 31.0 Å². The summed E-state index contributed by atoms with van der Waals surface area (Å²) in [6.45, 7) is 1.46. The van der Waals surface area contributed by atoms with Crippen LogP contribution >= 0.6 is 0 Å². The monoisotopic (exact) mass is 311 g/mol. The van der Waals surface area contributed by atoms with Gasteiger partial charge >= 0.3 is 0 Å². The SMILES string of the molecule is O=C(CCCn1cccn1)NCCCc1nc2ccccc2[nH]1. The molecule has 0 saturated heterocycles. The molecule has 1 aromatic carbocycles. The summed E-state index contributed by atoms with van der Waals surface area (Å²) < 4.78 is 1.84. The van der Waals surface area contributed by atoms with E-state index in [1.165, 1.54) is 0 Å². The molecular formula is C17H21N5O. The highest BCUT2D eigenvalue weighted by atomic mass is 16.1. The highest BCUT2D eigenvalue weighted by Gasteiger charge is 2.03. The molecule has 0 unspecified atom stereocenters. The Morgan fingerprint density at radius 2 is 2.13 bits per heavy atom. The van der Waals surface area contributed by atoms with Gasteiger partial charge in [0.1, 0.15) is 5.82 Å². The zero-order valence-electron chi connectivity index (χ0n) is 13.0. The molecule has 6 nitrogen and oxygen atoms in total. The number of fused-ring (bicyclic) bond motifs is 1. The Labute approximate surface area is 134 Å². The van der Waals surface area contributed by atoms with Gasteiger partial charge in [-0.2, -0.15) is 5.10 Å². The number of amides is 1. The minimum atomic E-state index is 0.0989. The number of rotatable bonds is 8. The fourth-order valence-electron chi connectivity index (χ4n) is 2.53. The van der Waals surface area contributed by atoms with E-state index in [9.17, 15) is 4.79 Å². The standard InChI is InChI=1S/C17H21N5O/c23-17(9-4-12-22-13-5-11-19-22)18-10-3-8-16-20-14-6-1-2-7-15(14)21-16/h1-2,5-7,11,13H,3-4,8-10,12H2,(H,18,23)(H,20,21). The molecule has 0 spiro atoms. The predicted octanol–water partition coefficient (Wildman–Crippen LogP) is 2.29. The molecule has 2 heterocycles. The van der Waals surface area contributed by atoms with E-state index in [4.69, 9.17) is 0 Å². The number of para-hydroxylation sites is 2. The molecule has 1 amide bonds. The molecule has 0 aliphatic carbocycles. The lowest BCUT2D eigenvalue weighted by molar-refractivity contribution is -0.121. The first-order valence-electron chi connectivity index (χ1n) is 7.99. The van der Waals surface area contributed by atoms with Crippen LogP contribution in [-0.4, -0.2) is 32.2 Å². The van der Waals surface area contributed by atoms with Crippen LogP contribution in [0.25, 0.3) is 11.0 Å². The second kappa shape index (κ2) is 7.58. The Morgan fingerprint density at radius 3 is 2.96 bits per heavy atom. The van der Waals surface area contributed by atoms with E-state index in [1.807, 2.05) is 41.2 Å². The minimum Gasteiger partial charge on any atom is -0.356 e. The summed E-state index contributed by atoms with van der Waals surface area (Å²) in [5.74, 6) is 1.07. The van der Waals surface area contributed by atoms with Gasteiger partial charge in [0.05, 0.1) is 11.0 Å². The summed E-state index contributed by atoms with van der Waals surface area (Å²) in [6.07, 6.45) is 6.71. The Bertz CT molecular complexity index is 714. The third kappa shape index (κ3) is 4.42. The van der Waals surface area contributed by atoms with E-state index in [0.29, 0.717) is 13.0 Å². The number of carbonyl (C=O) groups is 1. The zero-order chi connectivity index (χ0) is 15.9. The molecule has 3 aromatic rings. The molecule has 23 heavy (non-hydrogen) atoms. The number of benzene rings is 1. The molecule has 0 atom stereocenters. The number of imidazole rings is 1. The van der Waals surface area contributed by atoms with E-state index in [-0.39, 0.29) is 5.91 Å². The van der Waals surface area contributed by atoms with Crippen molar-refractivity contribution < 1.29 is 4.79 Å². The van der Waals surface area contributed by atoms with Crippen LogP contribution < -0.4 is 5.32 Å². The van der Waals surface area contributed by atoms with Gasteiger partial charge in [-0.15, -0.1) is 0 Å². The second-order valence-electron chi connectivity index (χ2n) is 5.53. The van der Waals surface area contributed by atoms with Gasteiger partial charge in [-0.1, -0.05) is 12.1 Å². The molecule has 3 rings (SSSR count). The lowest BCUT2D eigenvalue weighted by Crippen LogP contribution is -2.24. The first-order valence-corrected chi connectivity index (χ1v) is 7.99. The smallest absolute Gasteiger partial charge is 0.220 e.